The van der Waals surface area contributed by atoms with Crippen molar-refractivity contribution >= 4 is 35.3 Å². The van der Waals surface area contributed by atoms with Gasteiger partial charge in [-0.2, -0.15) is 13.2 Å². The smallest absolute Gasteiger partial charge is 0.362 e. The summed E-state index contributed by atoms with van der Waals surface area (Å²) in [7, 11) is 1.45. The predicted octanol–water partition coefficient (Wildman–Crippen LogP) is 3.83. The molecule has 1 aliphatic carbocycles. The van der Waals surface area contributed by atoms with E-state index in [1.165, 1.54) is 31.0 Å². The van der Waals surface area contributed by atoms with Gasteiger partial charge in [-0.25, -0.2) is 9.37 Å². The van der Waals surface area contributed by atoms with Crippen LogP contribution in [0.25, 0.3) is 0 Å². The summed E-state index contributed by atoms with van der Waals surface area (Å²) < 4.78 is 55.1. The molecule has 2 fully saturated rings. The van der Waals surface area contributed by atoms with Gasteiger partial charge < -0.3 is 14.6 Å². The first-order valence-electron chi connectivity index (χ1n) is 11.7. The van der Waals surface area contributed by atoms with E-state index in [0.29, 0.717) is 17.5 Å². The van der Waals surface area contributed by atoms with Crippen molar-refractivity contribution in [1.82, 2.24) is 4.98 Å². The second-order valence-corrected chi connectivity index (χ2v) is 9.63. The molecule has 1 saturated heterocycles. The monoisotopic (exact) mass is 504 g/mol. The van der Waals surface area contributed by atoms with Crippen LogP contribution in [0.15, 0.2) is 24.3 Å². The molecule has 0 radical (unpaired) electrons. The van der Waals surface area contributed by atoms with Crippen LogP contribution in [0.1, 0.15) is 42.0 Å². The number of aldehydes is 1. The number of likely N-dealkylation sites (N-methyl/N-ethyl adjacent to an activating group) is 1. The van der Waals surface area contributed by atoms with Gasteiger partial charge in [0.05, 0.1) is 23.5 Å². The second kappa shape index (κ2) is 8.56. The van der Waals surface area contributed by atoms with Crippen molar-refractivity contribution in [2.45, 2.75) is 44.3 Å². The normalized spacial score (nSPS) is 22.3. The van der Waals surface area contributed by atoms with Crippen LogP contribution < -0.4 is 14.7 Å². The number of carbonyl (C=O) groups excluding carboxylic acids is 3. The highest BCUT2D eigenvalue weighted by atomic mass is 19.4. The van der Waals surface area contributed by atoms with Crippen molar-refractivity contribution in [3.8, 4) is 0 Å². The molecule has 190 valence electrons. The van der Waals surface area contributed by atoms with Crippen molar-refractivity contribution in [3.05, 3.63) is 46.9 Å². The minimum Gasteiger partial charge on any atom is -0.362 e. The first kappa shape index (κ1) is 24.2. The summed E-state index contributed by atoms with van der Waals surface area (Å²) in [5, 5.41) is 0. The fourth-order valence-electron chi connectivity index (χ4n) is 5.34. The maximum atomic E-state index is 14.7. The molecule has 1 aromatic carbocycles. The molecule has 2 aliphatic heterocycles. The highest BCUT2D eigenvalue weighted by molar-refractivity contribution is 6.10. The molecule has 5 rings (SSSR count). The molecule has 2 atom stereocenters. The molecular weight excluding hydrogens is 480 g/mol. The summed E-state index contributed by atoms with van der Waals surface area (Å²) in [5.74, 6) is -2.39. The number of pyridine rings is 1. The Morgan fingerprint density at radius 3 is 2.50 bits per heavy atom. The van der Waals surface area contributed by atoms with Gasteiger partial charge in [0.2, 0.25) is 11.8 Å². The van der Waals surface area contributed by atoms with Crippen LogP contribution in [-0.4, -0.2) is 49.3 Å². The minimum absolute atomic E-state index is 0.0429. The molecule has 1 saturated carbocycles. The maximum Gasteiger partial charge on any atom is 0.416 e. The Labute approximate surface area is 204 Å². The zero-order valence-electron chi connectivity index (χ0n) is 19.7. The number of fused-ring (bicyclic) bond motifs is 2. The molecule has 11 heteroatoms. The Kier molecular flexibility index (Phi) is 5.76. The van der Waals surface area contributed by atoms with Crippen molar-refractivity contribution in [2.24, 2.45) is 5.92 Å². The number of hydrogen-bond donors (Lipinski definition) is 0. The molecule has 0 N–H and O–H groups in total. The Morgan fingerprint density at radius 1 is 1.14 bits per heavy atom. The fourth-order valence-corrected chi connectivity index (χ4v) is 5.34. The molecule has 2 amide bonds. The number of aryl methyl sites for hydroxylation is 1. The van der Waals surface area contributed by atoms with Crippen LogP contribution in [0.4, 0.5) is 34.8 Å². The summed E-state index contributed by atoms with van der Waals surface area (Å²) in [4.78, 5) is 46.7. The number of anilines is 3. The lowest BCUT2D eigenvalue weighted by atomic mass is 9.94. The maximum absolute atomic E-state index is 14.7. The van der Waals surface area contributed by atoms with Crippen LogP contribution in [0.3, 0.4) is 0 Å². The highest BCUT2D eigenvalue weighted by Gasteiger charge is 2.50. The number of aromatic nitrogens is 1. The molecular formula is C25H24F4N4O3. The summed E-state index contributed by atoms with van der Waals surface area (Å²) in [5.41, 5.74) is 0.624. The van der Waals surface area contributed by atoms with E-state index < -0.39 is 41.3 Å². The zero-order chi connectivity index (χ0) is 25.9. The molecule has 0 spiro atoms. The van der Waals surface area contributed by atoms with Crippen LogP contribution in [-0.2, 0) is 20.6 Å². The third-order valence-electron chi connectivity index (χ3n) is 7.06. The number of halogens is 4. The Balaban J connectivity index is 1.64. The molecule has 0 unspecified atom stereocenters. The lowest BCUT2D eigenvalue weighted by molar-refractivity contribution is -0.137. The molecule has 0 bridgehead atoms. The van der Waals surface area contributed by atoms with Crippen LogP contribution >= 0.6 is 0 Å². The van der Waals surface area contributed by atoms with E-state index in [1.807, 2.05) is 0 Å². The third kappa shape index (κ3) is 4.10. The molecule has 36 heavy (non-hydrogen) atoms. The Morgan fingerprint density at radius 2 is 1.86 bits per heavy atom. The lowest BCUT2D eigenvalue weighted by Crippen LogP contribution is -2.52. The van der Waals surface area contributed by atoms with Gasteiger partial charge in [-0.15, -0.1) is 0 Å². The Bertz CT molecular complexity index is 1260. The van der Waals surface area contributed by atoms with Gasteiger partial charge in [0, 0.05) is 31.6 Å². The highest BCUT2D eigenvalue weighted by Crippen LogP contribution is 2.49. The summed E-state index contributed by atoms with van der Waals surface area (Å²) in [6.45, 7) is 1.47. The predicted molar refractivity (Wildman–Crippen MR) is 123 cm³/mol. The number of alkyl halides is 3. The molecule has 3 heterocycles. The van der Waals surface area contributed by atoms with E-state index in [9.17, 15) is 31.9 Å². The SMILES string of the molecule is Cc1cc(C(F)(F)F)cc(N2C(=O)C[C@@H]3CN(CC=O)c4c(C5CC5)cc(F)cc4N(C)C(=O)[C@H]32)n1. The summed E-state index contributed by atoms with van der Waals surface area (Å²) in [6, 6.07) is 3.12. The third-order valence-corrected chi connectivity index (χ3v) is 7.06. The second-order valence-electron chi connectivity index (χ2n) is 9.63. The number of amides is 2. The van der Waals surface area contributed by atoms with E-state index in [0.717, 1.165) is 29.9 Å². The molecule has 3 aliphatic rings. The van der Waals surface area contributed by atoms with Crippen LogP contribution in [0.5, 0.6) is 0 Å². The first-order valence-corrected chi connectivity index (χ1v) is 11.7. The molecule has 2 aromatic rings. The zero-order valence-corrected chi connectivity index (χ0v) is 19.7. The van der Waals surface area contributed by atoms with Gasteiger partial charge in [0.15, 0.2) is 0 Å². The lowest BCUT2D eigenvalue weighted by Gasteiger charge is -2.39. The van der Waals surface area contributed by atoms with Crippen molar-refractivity contribution in [2.75, 3.05) is 34.8 Å². The van der Waals surface area contributed by atoms with E-state index in [2.05, 4.69) is 4.98 Å². The quantitative estimate of drug-likeness (QED) is 0.468. The van der Waals surface area contributed by atoms with E-state index in [1.54, 1.807) is 4.90 Å². The van der Waals surface area contributed by atoms with E-state index in [4.69, 9.17) is 0 Å². The van der Waals surface area contributed by atoms with Gasteiger partial charge in [0.1, 0.15) is 24.0 Å². The summed E-state index contributed by atoms with van der Waals surface area (Å²) >= 11 is 0. The van der Waals surface area contributed by atoms with Gasteiger partial charge in [-0.05, 0) is 55.5 Å². The van der Waals surface area contributed by atoms with E-state index >= 15 is 0 Å². The van der Waals surface area contributed by atoms with Crippen LogP contribution in [0, 0.1) is 18.7 Å². The number of benzene rings is 1. The topological polar surface area (TPSA) is 73.8 Å². The van der Waals surface area contributed by atoms with Crippen molar-refractivity contribution in [3.63, 3.8) is 0 Å². The average molecular weight is 504 g/mol. The van der Waals surface area contributed by atoms with E-state index in [-0.39, 0.29) is 42.6 Å². The van der Waals surface area contributed by atoms with Gasteiger partial charge in [0.25, 0.3) is 0 Å². The van der Waals surface area contributed by atoms with Crippen molar-refractivity contribution in [1.29, 1.82) is 0 Å². The number of nitrogens with zero attached hydrogens (tertiary/aromatic N) is 4. The summed E-state index contributed by atoms with van der Waals surface area (Å²) in [6.07, 6.45) is -2.34. The molecule has 7 nitrogen and oxygen atoms in total. The average Bonchev–Trinajstić information content (AvgIpc) is 3.59. The Hall–Kier alpha value is -3.50. The minimum atomic E-state index is -4.66. The number of carbonyl (C=O) groups is 3. The van der Waals surface area contributed by atoms with Gasteiger partial charge in [-0.3, -0.25) is 14.5 Å². The fraction of sp³-hybridized carbons (Fsp3) is 0.440. The number of hydrogen-bond acceptors (Lipinski definition) is 5. The molecule has 1 aromatic heterocycles. The van der Waals surface area contributed by atoms with Gasteiger partial charge in [-0.1, -0.05) is 0 Å². The largest absolute Gasteiger partial charge is 0.416 e. The number of rotatable bonds is 4. The van der Waals surface area contributed by atoms with Gasteiger partial charge >= 0.3 is 6.18 Å². The van der Waals surface area contributed by atoms with Crippen LogP contribution in [0.2, 0.25) is 0 Å². The standard InChI is InChI=1S/C25H24F4N4O3/c1-13-7-16(25(27,28)29)9-20(30-13)33-21(35)8-15-12-32(5-6-34)23-18(14-3-4-14)10-17(26)11-19(23)31(2)24(36)22(15)33/h6-7,9-11,14-15,22H,3-5,8,12H2,1-2H3/t15-,22+/m1/s1. The van der Waals surface area contributed by atoms with Crippen molar-refractivity contribution < 1.29 is 31.9 Å². The first-order chi connectivity index (χ1) is 17.0.